The van der Waals surface area contributed by atoms with Gasteiger partial charge in [-0.25, -0.2) is 0 Å². The summed E-state index contributed by atoms with van der Waals surface area (Å²) in [6, 6.07) is 3.87. The molecule has 0 atom stereocenters. The predicted octanol–water partition coefficient (Wildman–Crippen LogP) is 1.88. The van der Waals surface area contributed by atoms with Crippen LogP contribution in [0.1, 0.15) is 12.5 Å². The molecule has 0 aliphatic rings. The second-order valence-electron chi connectivity index (χ2n) is 3.18. The summed E-state index contributed by atoms with van der Waals surface area (Å²) >= 11 is 0. The van der Waals surface area contributed by atoms with Crippen LogP contribution in [0.15, 0.2) is 36.9 Å². The summed E-state index contributed by atoms with van der Waals surface area (Å²) in [5.74, 6) is 0.800. The van der Waals surface area contributed by atoms with Crippen LogP contribution < -0.4 is 4.74 Å². The molecule has 0 spiro atoms. The van der Waals surface area contributed by atoms with Crippen LogP contribution in [0.25, 0.3) is 0 Å². The number of hydrogen-bond acceptors (Lipinski definition) is 3. The summed E-state index contributed by atoms with van der Waals surface area (Å²) in [6.45, 7) is 3.45. The molecule has 0 aliphatic heterocycles. The number of hydrogen-bond donors (Lipinski definition) is 0. The van der Waals surface area contributed by atoms with Gasteiger partial charge in [0.1, 0.15) is 6.61 Å². The lowest BCUT2D eigenvalue weighted by atomic mass is 10.3. The van der Waals surface area contributed by atoms with E-state index in [0.29, 0.717) is 6.61 Å². The SMILES string of the molecule is CCn1cc(OCc2ccncc2)cn1. The Morgan fingerprint density at radius 1 is 1.33 bits per heavy atom. The first-order valence-electron chi connectivity index (χ1n) is 4.92. The number of ether oxygens (including phenoxy) is 1. The molecule has 15 heavy (non-hydrogen) atoms. The van der Waals surface area contributed by atoms with Crippen LogP contribution in [0.4, 0.5) is 0 Å². The summed E-state index contributed by atoms with van der Waals surface area (Å²) in [6.07, 6.45) is 7.13. The van der Waals surface area contributed by atoms with Crippen molar-refractivity contribution in [2.24, 2.45) is 0 Å². The molecule has 0 amide bonds. The van der Waals surface area contributed by atoms with Crippen LogP contribution >= 0.6 is 0 Å². The maximum Gasteiger partial charge on any atom is 0.157 e. The van der Waals surface area contributed by atoms with Gasteiger partial charge in [0, 0.05) is 18.9 Å². The maximum absolute atomic E-state index is 5.56. The molecule has 0 aliphatic carbocycles. The van der Waals surface area contributed by atoms with Crippen molar-refractivity contribution in [2.45, 2.75) is 20.1 Å². The van der Waals surface area contributed by atoms with Crippen molar-refractivity contribution in [3.8, 4) is 5.75 Å². The summed E-state index contributed by atoms with van der Waals surface area (Å²) < 4.78 is 7.40. The Balaban J connectivity index is 1.93. The van der Waals surface area contributed by atoms with Gasteiger partial charge in [0.05, 0.1) is 12.4 Å². The van der Waals surface area contributed by atoms with E-state index < -0.39 is 0 Å². The minimum absolute atomic E-state index is 0.553. The molecule has 4 nitrogen and oxygen atoms in total. The number of aryl methyl sites for hydroxylation is 1. The third-order valence-corrected chi connectivity index (χ3v) is 2.09. The van der Waals surface area contributed by atoms with Gasteiger partial charge in [-0.15, -0.1) is 0 Å². The standard InChI is InChI=1S/C11H13N3O/c1-2-14-8-11(7-13-14)15-9-10-3-5-12-6-4-10/h3-8H,2,9H2,1H3. The lowest BCUT2D eigenvalue weighted by Crippen LogP contribution is -1.95. The fourth-order valence-electron chi connectivity index (χ4n) is 1.24. The van der Waals surface area contributed by atoms with Gasteiger partial charge in [-0.05, 0) is 24.6 Å². The number of nitrogens with zero attached hydrogens (tertiary/aromatic N) is 3. The lowest BCUT2D eigenvalue weighted by molar-refractivity contribution is 0.305. The van der Waals surface area contributed by atoms with Gasteiger partial charge in [-0.3, -0.25) is 9.67 Å². The zero-order chi connectivity index (χ0) is 10.5. The molecule has 0 radical (unpaired) electrons. The third kappa shape index (κ3) is 2.56. The van der Waals surface area contributed by atoms with Gasteiger partial charge in [0.15, 0.2) is 5.75 Å². The number of pyridine rings is 1. The van der Waals surface area contributed by atoms with Gasteiger partial charge >= 0.3 is 0 Å². The molecule has 0 saturated carbocycles. The molecule has 78 valence electrons. The van der Waals surface area contributed by atoms with Crippen molar-refractivity contribution >= 4 is 0 Å². The minimum atomic E-state index is 0.553. The zero-order valence-corrected chi connectivity index (χ0v) is 8.63. The van der Waals surface area contributed by atoms with E-state index in [1.165, 1.54) is 0 Å². The highest BCUT2D eigenvalue weighted by Gasteiger charge is 1.98. The average molecular weight is 203 g/mol. The van der Waals surface area contributed by atoms with Crippen molar-refractivity contribution in [3.63, 3.8) is 0 Å². The summed E-state index contributed by atoms with van der Waals surface area (Å²) in [5.41, 5.74) is 1.11. The van der Waals surface area contributed by atoms with Crippen molar-refractivity contribution in [3.05, 3.63) is 42.5 Å². The van der Waals surface area contributed by atoms with E-state index in [-0.39, 0.29) is 0 Å². The monoisotopic (exact) mass is 203 g/mol. The molecular formula is C11H13N3O. The van der Waals surface area contributed by atoms with E-state index in [4.69, 9.17) is 4.74 Å². The van der Waals surface area contributed by atoms with E-state index in [1.807, 2.05) is 29.9 Å². The third-order valence-electron chi connectivity index (χ3n) is 2.09. The van der Waals surface area contributed by atoms with Gasteiger partial charge in [-0.1, -0.05) is 0 Å². The van der Waals surface area contributed by atoms with Gasteiger partial charge in [0.2, 0.25) is 0 Å². The molecule has 4 heteroatoms. The maximum atomic E-state index is 5.56. The minimum Gasteiger partial charge on any atom is -0.486 e. The summed E-state index contributed by atoms with van der Waals surface area (Å²) in [7, 11) is 0. The molecule has 2 heterocycles. The van der Waals surface area contributed by atoms with E-state index in [0.717, 1.165) is 17.9 Å². The Labute approximate surface area is 88.5 Å². The van der Waals surface area contributed by atoms with Gasteiger partial charge in [0.25, 0.3) is 0 Å². The predicted molar refractivity (Wildman–Crippen MR) is 56.5 cm³/mol. The van der Waals surface area contributed by atoms with Crippen LogP contribution in [-0.2, 0) is 13.2 Å². The van der Waals surface area contributed by atoms with Crippen molar-refractivity contribution in [2.75, 3.05) is 0 Å². The molecule has 0 saturated heterocycles. The molecule has 0 unspecified atom stereocenters. The summed E-state index contributed by atoms with van der Waals surface area (Å²) in [4.78, 5) is 3.95. The smallest absolute Gasteiger partial charge is 0.157 e. The van der Waals surface area contributed by atoms with Gasteiger partial charge in [-0.2, -0.15) is 5.10 Å². The van der Waals surface area contributed by atoms with Crippen molar-refractivity contribution in [1.82, 2.24) is 14.8 Å². The molecule has 0 fully saturated rings. The van der Waals surface area contributed by atoms with E-state index in [2.05, 4.69) is 10.1 Å². The second-order valence-corrected chi connectivity index (χ2v) is 3.18. The molecule has 0 N–H and O–H groups in total. The normalized spacial score (nSPS) is 10.2. The van der Waals surface area contributed by atoms with Crippen molar-refractivity contribution in [1.29, 1.82) is 0 Å². The highest BCUT2D eigenvalue weighted by molar-refractivity contribution is 5.14. The Hall–Kier alpha value is -1.84. The van der Waals surface area contributed by atoms with Crippen LogP contribution in [0.3, 0.4) is 0 Å². The Kier molecular flexibility index (Phi) is 2.97. The Bertz CT molecular complexity index is 411. The first-order chi connectivity index (χ1) is 7.38. The number of aromatic nitrogens is 3. The highest BCUT2D eigenvalue weighted by atomic mass is 16.5. The van der Waals surface area contributed by atoms with E-state index in [1.54, 1.807) is 18.6 Å². The molecular weight excluding hydrogens is 190 g/mol. The largest absolute Gasteiger partial charge is 0.486 e. The Morgan fingerprint density at radius 2 is 2.13 bits per heavy atom. The van der Waals surface area contributed by atoms with Crippen LogP contribution in [0, 0.1) is 0 Å². The molecule has 2 aromatic rings. The fraction of sp³-hybridized carbons (Fsp3) is 0.273. The highest BCUT2D eigenvalue weighted by Crippen LogP contribution is 2.10. The molecule has 0 aromatic carbocycles. The fourth-order valence-corrected chi connectivity index (χ4v) is 1.24. The van der Waals surface area contributed by atoms with Crippen LogP contribution in [0.5, 0.6) is 5.75 Å². The Morgan fingerprint density at radius 3 is 2.80 bits per heavy atom. The molecule has 2 aromatic heterocycles. The van der Waals surface area contributed by atoms with E-state index >= 15 is 0 Å². The first-order valence-corrected chi connectivity index (χ1v) is 4.92. The first kappa shape index (κ1) is 9.71. The zero-order valence-electron chi connectivity index (χ0n) is 8.63. The summed E-state index contributed by atoms with van der Waals surface area (Å²) in [5, 5.41) is 4.13. The van der Waals surface area contributed by atoms with Crippen LogP contribution in [0.2, 0.25) is 0 Å². The average Bonchev–Trinajstić information content (AvgIpc) is 2.76. The topological polar surface area (TPSA) is 39.9 Å². The van der Waals surface area contributed by atoms with Crippen LogP contribution in [-0.4, -0.2) is 14.8 Å². The number of rotatable bonds is 4. The molecule has 0 bridgehead atoms. The van der Waals surface area contributed by atoms with Crippen molar-refractivity contribution < 1.29 is 4.74 Å². The molecule has 2 rings (SSSR count). The van der Waals surface area contributed by atoms with E-state index in [9.17, 15) is 0 Å². The van der Waals surface area contributed by atoms with Gasteiger partial charge < -0.3 is 4.74 Å². The second kappa shape index (κ2) is 4.59. The quantitative estimate of drug-likeness (QED) is 0.761. The lowest BCUT2D eigenvalue weighted by Gasteiger charge is -2.02.